The number of nitrogens with one attached hydrogen (secondary N) is 1. The fourth-order valence-electron chi connectivity index (χ4n) is 3.66. The van der Waals surface area contributed by atoms with Gasteiger partial charge in [0.1, 0.15) is 11.4 Å². The fourth-order valence-corrected chi connectivity index (χ4v) is 3.66. The second-order valence-electron chi connectivity index (χ2n) is 7.58. The van der Waals surface area contributed by atoms with Crippen LogP contribution in [-0.4, -0.2) is 54.2 Å². The van der Waals surface area contributed by atoms with Crippen LogP contribution >= 0.6 is 0 Å². The summed E-state index contributed by atoms with van der Waals surface area (Å²) in [6, 6.07) is 10.2. The van der Waals surface area contributed by atoms with E-state index in [1.165, 1.54) is 19.2 Å². The van der Waals surface area contributed by atoms with Crippen molar-refractivity contribution in [2.75, 3.05) is 43.6 Å². The van der Waals surface area contributed by atoms with Crippen LogP contribution in [0.5, 0.6) is 11.5 Å². The maximum Gasteiger partial charge on any atom is 0.416 e. The number of para-hydroxylation sites is 2. The van der Waals surface area contributed by atoms with Crippen LogP contribution in [0.2, 0.25) is 0 Å². The minimum absolute atomic E-state index is 0.122. The molecule has 0 unspecified atom stereocenters. The lowest BCUT2D eigenvalue weighted by Crippen LogP contribution is -2.37. The minimum atomic E-state index is -4.64. The van der Waals surface area contributed by atoms with E-state index >= 15 is 0 Å². The second-order valence-corrected chi connectivity index (χ2v) is 7.58. The molecule has 0 atom stereocenters. The van der Waals surface area contributed by atoms with Crippen molar-refractivity contribution in [2.24, 2.45) is 0 Å². The van der Waals surface area contributed by atoms with E-state index in [4.69, 9.17) is 9.47 Å². The van der Waals surface area contributed by atoms with Gasteiger partial charge in [0.25, 0.3) is 11.5 Å². The Morgan fingerprint density at radius 2 is 1.83 bits per heavy atom. The Labute approximate surface area is 197 Å². The van der Waals surface area contributed by atoms with Crippen molar-refractivity contribution in [1.82, 2.24) is 9.78 Å². The molecule has 12 heteroatoms. The lowest BCUT2D eigenvalue weighted by Gasteiger charge is -2.31. The van der Waals surface area contributed by atoms with Crippen LogP contribution in [0, 0.1) is 0 Å². The van der Waals surface area contributed by atoms with Crippen LogP contribution in [0.3, 0.4) is 0 Å². The summed E-state index contributed by atoms with van der Waals surface area (Å²) in [7, 11) is 1.39. The van der Waals surface area contributed by atoms with Crippen molar-refractivity contribution < 1.29 is 32.5 Å². The van der Waals surface area contributed by atoms with E-state index in [1.54, 1.807) is 23.1 Å². The molecule has 3 aromatic rings. The van der Waals surface area contributed by atoms with Gasteiger partial charge in [-0.3, -0.25) is 9.59 Å². The Kier molecular flexibility index (Phi) is 6.65. The van der Waals surface area contributed by atoms with Gasteiger partial charge in [0.2, 0.25) is 0 Å². The third-order valence-electron chi connectivity index (χ3n) is 5.36. The number of rotatable bonds is 5. The van der Waals surface area contributed by atoms with Crippen LogP contribution < -0.4 is 20.5 Å². The third kappa shape index (κ3) is 5.06. The first-order valence-corrected chi connectivity index (χ1v) is 10.5. The number of nitrogens with zero attached hydrogens (tertiary/aromatic N) is 3. The molecule has 35 heavy (non-hydrogen) atoms. The SMILES string of the molecule is COc1ccccc1-n1nc(C(=O)Nc2cc(C(F)(F)F)ccc2N2CCOCC2)c(O)cc1=O. The number of ether oxygens (including phenoxy) is 2. The number of aromatic nitrogens is 2. The molecule has 0 spiro atoms. The fraction of sp³-hybridized carbons (Fsp3) is 0.261. The van der Waals surface area contributed by atoms with Crippen LogP contribution in [0.4, 0.5) is 24.5 Å². The lowest BCUT2D eigenvalue weighted by atomic mass is 10.1. The quantitative estimate of drug-likeness (QED) is 0.566. The first-order chi connectivity index (χ1) is 16.7. The summed E-state index contributed by atoms with van der Waals surface area (Å²) in [4.78, 5) is 27.3. The first kappa shape index (κ1) is 24.1. The highest BCUT2D eigenvalue weighted by Gasteiger charge is 2.32. The van der Waals surface area contributed by atoms with Gasteiger partial charge < -0.3 is 24.8 Å². The van der Waals surface area contributed by atoms with Gasteiger partial charge in [0.15, 0.2) is 11.4 Å². The van der Waals surface area contributed by atoms with Crippen molar-refractivity contribution in [1.29, 1.82) is 0 Å². The van der Waals surface area contributed by atoms with Crippen LogP contribution in [0.25, 0.3) is 5.69 Å². The smallest absolute Gasteiger partial charge is 0.416 e. The minimum Gasteiger partial charge on any atom is -0.505 e. The molecule has 0 bridgehead atoms. The van der Waals surface area contributed by atoms with E-state index in [-0.39, 0.29) is 17.1 Å². The maximum absolute atomic E-state index is 13.4. The summed E-state index contributed by atoms with van der Waals surface area (Å²) in [5, 5.41) is 16.6. The second kappa shape index (κ2) is 9.66. The van der Waals surface area contributed by atoms with Crippen molar-refractivity contribution in [3.05, 3.63) is 70.1 Å². The predicted molar refractivity (Wildman–Crippen MR) is 120 cm³/mol. The zero-order chi connectivity index (χ0) is 25.2. The summed E-state index contributed by atoms with van der Waals surface area (Å²) in [6.07, 6.45) is -4.64. The summed E-state index contributed by atoms with van der Waals surface area (Å²) in [5.41, 5.74) is -1.81. The molecule has 1 aliphatic heterocycles. The zero-order valence-electron chi connectivity index (χ0n) is 18.5. The molecular formula is C23H21F3N4O5. The molecule has 184 valence electrons. The molecule has 9 nitrogen and oxygen atoms in total. The third-order valence-corrected chi connectivity index (χ3v) is 5.36. The number of carbonyl (C=O) groups is 1. The number of benzene rings is 2. The van der Waals surface area contributed by atoms with Crippen LogP contribution in [0.1, 0.15) is 16.1 Å². The molecular weight excluding hydrogens is 469 g/mol. The van der Waals surface area contributed by atoms with Gasteiger partial charge in [0.05, 0.1) is 37.3 Å². The summed E-state index contributed by atoms with van der Waals surface area (Å²) in [6.45, 7) is 1.58. The van der Waals surface area contributed by atoms with E-state index in [0.717, 1.165) is 22.9 Å². The Morgan fingerprint density at radius 1 is 1.11 bits per heavy atom. The van der Waals surface area contributed by atoms with Gasteiger partial charge >= 0.3 is 6.18 Å². The summed E-state index contributed by atoms with van der Waals surface area (Å²) in [5.74, 6) is -1.44. The van der Waals surface area contributed by atoms with Gasteiger partial charge in [-0.2, -0.15) is 23.0 Å². The Bertz CT molecular complexity index is 1300. The number of hydrogen-bond donors (Lipinski definition) is 2. The highest BCUT2D eigenvalue weighted by Crippen LogP contribution is 2.36. The van der Waals surface area contributed by atoms with E-state index in [9.17, 15) is 27.9 Å². The van der Waals surface area contributed by atoms with E-state index in [1.807, 2.05) is 0 Å². The number of halogens is 3. The van der Waals surface area contributed by atoms with Gasteiger partial charge in [-0.05, 0) is 30.3 Å². The number of hydrogen-bond acceptors (Lipinski definition) is 7. The average molecular weight is 490 g/mol. The predicted octanol–water partition coefficient (Wildman–Crippen LogP) is 3.05. The number of alkyl halides is 3. The molecule has 1 aliphatic rings. The zero-order valence-corrected chi connectivity index (χ0v) is 18.5. The van der Waals surface area contributed by atoms with Crippen molar-refractivity contribution >= 4 is 17.3 Å². The number of amides is 1. The highest BCUT2D eigenvalue weighted by molar-refractivity contribution is 6.06. The van der Waals surface area contributed by atoms with Gasteiger partial charge in [-0.25, -0.2) is 0 Å². The number of methoxy groups -OCH3 is 1. The standard InChI is InChI=1S/C23H21F3N4O5/c1-34-19-5-3-2-4-17(19)30-20(32)13-18(31)21(28-30)22(33)27-15-12-14(23(24,25)26)6-7-16(15)29-8-10-35-11-9-29/h2-7,12-13,31H,8-11H2,1H3,(H,27,33). The molecule has 0 saturated carbocycles. The molecule has 1 aromatic heterocycles. The number of aromatic hydroxyl groups is 1. The Hall–Kier alpha value is -4.06. The maximum atomic E-state index is 13.4. The van der Waals surface area contributed by atoms with Crippen molar-refractivity contribution in [3.63, 3.8) is 0 Å². The van der Waals surface area contributed by atoms with Crippen molar-refractivity contribution in [2.45, 2.75) is 6.18 Å². The highest BCUT2D eigenvalue weighted by atomic mass is 19.4. The Morgan fingerprint density at radius 3 is 2.51 bits per heavy atom. The number of morpholine rings is 1. The number of anilines is 2. The van der Waals surface area contributed by atoms with E-state index in [2.05, 4.69) is 10.4 Å². The van der Waals surface area contributed by atoms with Gasteiger partial charge in [-0.15, -0.1) is 0 Å². The van der Waals surface area contributed by atoms with Gasteiger partial charge in [0, 0.05) is 19.2 Å². The monoisotopic (exact) mass is 490 g/mol. The molecule has 0 aliphatic carbocycles. The van der Waals surface area contributed by atoms with Gasteiger partial charge in [-0.1, -0.05) is 12.1 Å². The molecule has 2 heterocycles. The first-order valence-electron chi connectivity index (χ1n) is 10.5. The van der Waals surface area contributed by atoms with Crippen LogP contribution in [0.15, 0.2) is 53.3 Å². The van der Waals surface area contributed by atoms with E-state index in [0.29, 0.717) is 32.0 Å². The summed E-state index contributed by atoms with van der Waals surface area (Å²) < 4.78 is 51.5. The Balaban J connectivity index is 1.75. The summed E-state index contributed by atoms with van der Waals surface area (Å²) >= 11 is 0. The molecule has 1 amide bonds. The molecule has 0 radical (unpaired) electrons. The topological polar surface area (TPSA) is 106 Å². The average Bonchev–Trinajstić information content (AvgIpc) is 2.84. The molecule has 4 rings (SSSR count). The van der Waals surface area contributed by atoms with E-state index < -0.39 is 34.6 Å². The molecule has 2 N–H and O–H groups in total. The molecule has 2 aromatic carbocycles. The largest absolute Gasteiger partial charge is 0.505 e. The normalized spacial score (nSPS) is 14.0. The molecule has 1 saturated heterocycles. The molecule has 1 fully saturated rings. The van der Waals surface area contributed by atoms with Crippen molar-refractivity contribution in [3.8, 4) is 17.2 Å². The van der Waals surface area contributed by atoms with Crippen LogP contribution in [-0.2, 0) is 10.9 Å². The number of carbonyl (C=O) groups excluding carboxylic acids is 1. The lowest BCUT2D eigenvalue weighted by molar-refractivity contribution is -0.137.